The first-order valence-electron chi connectivity index (χ1n) is 13.9. The number of amidine groups is 1. The lowest BCUT2D eigenvalue weighted by atomic mass is 10.2. The largest absolute Gasteiger partial charge is 0.388 e. The van der Waals surface area contributed by atoms with Crippen molar-refractivity contribution in [3.8, 4) is 0 Å². The first kappa shape index (κ1) is 35.3. The van der Waals surface area contributed by atoms with Gasteiger partial charge in [0.2, 0.25) is 0 Å². The first-order chi connectivity index (χ1) is 21.4. The second-order valence-electron chi connectivity index (χ2n) is 10.3. The van der Waals surface area contributed by atoms with Gasteiger partial charge in [-0.3, -0.25) is 24.6 Å². The summed E-state index contributed by atoms with van der Waals surface area (Å²) in [6, 6.07) is 11.6. The number of aromatic nitrogens is 3. The molecule has 0 fully saturated rings. The van der Waals surface area contributed by atoms with Crippen LogP contribution < -0.4 is 32.3 Å². The first-order valence-corrected chi connectivity index (χ1v) is 14.4. The van der Waals surface area contributed by atoms with Crippen LogP contribution in [-0.2, 0) is 21.1 Å². The molecule has 4 rings (SSSR count). The summed E-state index contributed by atoms with van der Waals surface area (Å²) in [5, 5.41) is 21.4. The fourth-order valence-electron chi connectivity index (χ4n) is 4.50. The van der Waals surface area contributed by atoms with Crippen molar-refractivity contribution in [3.05, 3.63) is 83.7 Å². The molecule has 0 bridgehead atoms. The van der Waals surface area contributed by atoms with Crippen LogP contribution in [0.1, 0.15) is 48.2 Å². The molecule has 16 heteroatoms. The van der Waals surface area contributed by atoms with E-state index in [-0.39, 0.29) is 48.7 Å². The summed E-state index contributed by atoms with van der Waals surface area (Å²) in [4.78, 5) is 51.3. The number of carbonyl (C=O) groups is 4. The highest BCUT2D eigenvalue weighted by Gasteiger charge is 2.19. The van der Waals surface area contributed by atoms with Crippen molar-refractivity contribution in [1.29, 1.82) is 5.41 Å². The summed E-state index contributed by atoms with van der Waals surface area (Å²) in [7, 11) is 5.02. The van der Waals surface area contributed by atoms with E-state index >= 15 is 0 Å². The Balaban J connectivity index is 0.00000576. The molecule has 0 aliphatic rings. The highest BCUT2D eigenvalue weighted by Crippen LogP contribution is 2.20. The summed E-state index contributed by atoms with van der Waals surface area (Å²) in [5.74, 6) is -1.13. The number of benzene rings is 1. The molecule has 0 saturated heterocycles. The quantitative estimate of drug-likeness (QED) is 0.0645. The van der Waals surface area contributed by atoms with Gasteiger partial charge >= 0.3 is 0 Å². The molecule has 14 nitrogen and oxygen atoms in total. The molecule has 3 heterocycles. The molecule has 0 spiro atoms. The van der Waals surface area contributed by atoms with Crippen molar-refractivity contribution >= 4 is 76.2 Å². The number of rotatable bonds is 13. The summed E-state index contributed by atoms with van der Waals surface area (Å²) in [6.07, 6.45) is 5.07. The average Bonchev–Trinajstić information content (AvgIpc) is 3.67. The van der Waals surface area contributed by atoms with Crippen LogP contribution in [0.2, 0.25) is 0 Å². The molecule has 0 aliphatic carbocycles. The Morgan fingerprint density at radius 1 is 0.696 bits per heavy atom. The second-order valence-corrected chi connectivity index (χ2v) is 10.6. The maximum atomic E-state index is 13.1. The molecule has 0 aliphatic heterocycles. The van der Waals surface area contributed by atoms with Gasteiger partial charge in [0.25, 0.3) is 23.6 Å². The van der Waals surface area contributed by atoms with E-state index in [1.54, 1.807) is 83.8 Å². The monoisotopic (exact) mass is 670 g/mol. The molecule has 0 saturated carbocycles. The number of hydrogen-bond acceptors (Lipinski definition) is 6. The van der Waals surface area contributed by atoms with Crippen molar-refractivity contribution in [2.75, 3.05) is 40.2 Å². The van der Waals surface area contributed by atoms with E-state index in [1.807, 2.05) is 0 Å². The Bertz CT molecular complexity index is 1740. The molecule has 46 heavy (non-hydrogen) atoms. The van der Waals surface area contributed by atoms with Crippen LogP contribution in [-0.4, -0.2) is 62.1 Å². The van der Waals surface area contributed by atoms with Gasteiger partial charge in [-0.2, -0.15) is 0 Å². The topological polar surface area (TPSA) is 193 Å². The molecule has 4 amide bonds. The number of aryl methyl sites for hydroxylation is 3. The van der Waals surface area contributed by atoms with Crippen LogP contribution in [0, 0.1) is 5.41 Å². The number of halogens is 2. The second kappa shape index (κ2) is 15.7. The van der Waals surface area contributed by atoms with Gasteiger partial charge in [-0.05, 0) is 42.5 Å². The molecular weight excluding hydrogens is 635 g/mol. The Morgan fingerprint density at radius 3 is 1.57 bits per heavy atom. The molecule has 4 aromatic rings. The van der Waals surface area contributed by atoms with Gasteiger partial charge in [-0.15, -0.1) is 24.0 Å². The molecule has 244 valence electrons. The molecule has 0 atom stereocenters. The van der Waals surface area contributed by atoms with Gasteiger partial charge in [-0.1, -0.05) is 0 Å². The molecule has 0 unspecified atom stereocenters. The van der Waals surface area contributed by atoms with Crippen LogP contribution in [0.3, 0.4) is 0 Å². The van der Waals surface area contributed by atoms with E-state index in [2.05, 4.69) is 26.6 Å². The summed E-state index contributed by atoms with van der Waals surface area (Å²) >= 11 is 5.69. The van der Waals surface area contributed by atoms with Crippen molar-refractivity contribution in [3.63, 3.8) is 0 Å². The summed E-state index contributed by atoms with van der Waals surface area (Å²) in [5.41, 5.74) is 8.75. The maximum absolute atomic E-state index is 13.1. The third-order valence-corrected chi connectivity index (χ3v) is 6.93. The van der Waals surface area contributed by atoms with E-state index in [4.69, 9.17) is 22.7 Å². The number of nitrogens with zero attached hydrogens (tertiary/aromatic N) is 3. The fraction of sp³-hybridized carbons (Fsp3) is 0.233. The maximum Gasteiger partial charge on any atom is 0.272 e. The number of amides is 4. The van der Waals surface area contributed by atoms with E-state index < -0.39 is 11.8 Å². The van der Waals surface area contributed by atoms with Crippen LogP contribution in [0.25, 0.3) is 0 Å². The summed E-state index contributed by atoms with van der Waals surface area (Å²) in [6.45, 7) is 0.834. The number of alkyl halides is 1. The number of nitrogens with one attached hydrogen (secondary N) is 6. The molecule has 8 N–H and O–H groups in total. The molecule has 3 aromatic heterocycles. The fourth-order valence-corrected chi connectivity index (χ4v) is 4.60. The van der Waals surface area contributed by atoms with Crippen molar-refractivity contribution in [2.45, 2.75) is 6.42 Å². The van der Waals surface area contributed by atoms with E-state index in [0.717, 1.165) is 5.69 Å². The Morgan fingerprint density at radius 2 is 1.13 bits per heavy atom. The lowest BCUT2D eigenvalue weighted by molar-refractivity contribution is 0.0944. The normalized spacial score (nSPS) is 10.4. The minimum absolute atomic E-state index is 0. The molecular formula is C30H36Cl2N10O4. The lowest BCUT2D eigenvalue weighted by Gasteiger charge is -2.06. The van der Waals surface area contributed by atoms with Crippen LogP contribution >= 0.6 is 24.0 Å². The number of hydrogen-bond donors (Lipinski definition) is 7. The zero-order valence-corrected chi connectivity index (χ0v) is 27.0. The molecule has 1 aromatic carbocycles. The number of carbonyl (C=O) groups excluding carboxylic acids is 4. The van der Waals surface area contributed by atoms with E-state index in [1.165, 1.54) is 12.1 Å². The standard InChI is InChI=1S/C30H35ClN10O4.ClH/c1-39-16-21(12-23(39)28(43)35-10-8-26(32)33)37-30(45)25-14-22(17-41(25)3)38-29(44)24-13-20(15-40(24)2)36-27(42)18-4-6-19(7-5-18)34-11-9-31;/h4-7,12-17,34H,8-11H2,1-3H3,(H3,32,33)(H,35,43)(H,36,42)(H,37,45)(H,38,44);1H. The highest BCUT2D eigenvalue weighted by atomic mass is 35.5. The van der Waals surface area contributed by atoms with Crippen LogP contribution in [0.5, 0.6) is 0 Å². The Labute approximate surface area is 276 Å². The highest BCUT2D eigenvalue weighted by molar-refractivity contribution is 6.18. The zero-order valence-electron chi connectivity index (χ0n) is 25.4. The lowest BCUT2D eigenvalue weighted by Crippen LogP contribution is -2.28. The number of nitrogens with two attached hydrogens (primary N) is 1. The van der Waals surface area contributed by atoms with E-state index in [0.29, 0.717) is 46.4 Å². The zero-order chi connectivity index (χ0) is 32.7. The van der Waals surface area contributed by atoms with Gasteiger partial charge in [-0.25, -0.2) is 0 Å². The van der Waals surface area contributed by atoms with Crippen molar-refractivity contribution < 1.29 is 19.2 Å². The minimum atomic E-state index is -0.445. The minimum Gasteiger partial charge on any atom is -0.388 e. The smallest absolute Gasteiger partial charge is 0.272 e. The number of anilines is 4. The van der Waals surface area contributed by atoms with Crippen LogP contribution in [0.15, 0.2) is 61.1 Å². The van der Waals surface area contributed by atoms with E-state index in [9.17, 15) is 19.2 Å². The van der Waals surface area contributed by atoms with Crippen molar-refractivity contribution in [1.82, 2.24) is 19.0 Å². The molecule has 0 radical (unpaired) electrons. The van der Waals surface area contributed by atoms with Crippen LogP contribution in [0.4, 0.5) is 22.7 Å². The SMILES string of the molecule is Cl.Cn1cc(NC(=O)c2cc(NC(=O)c3cc(NC(=O)c4ccc(NCCCl)cc4)cn3C)cn2C)cc1C(=O)NCCC(=N)N. The van der Waals surface area contributed by atoms with Crippen molar-refractivity contribution in [2.24, 2.45) is 26.9 Å². The van der Waals surface area contributed by atoms with Gasteiger partial charge in [0, 0.05) is 76.4 Å². The predicted octanol–water partition coefficient (Wildman–Crippen LogP) is 3.59. The van der Waals surface area contributed by atoms with Gasteiger partial charge in [0.1, 0.15) is 17.1 Å². The average molecular weight is 672 g/mol. The van der Waals surface area contributed by atoms with Gasteiger partial charge in [0.05, 0.1) is 22.9 Å². The summed E-state index contributed by atoms with van der Waals surface area (Å²) < 4.78 is 4.73. The Hall–Kier alpha value is -5.21. The Kier molecular flexibility index (Phi) is 12.0. The predicted molar refractivity (Wildman–Crippen MR) is 182 cm³/mol. The third-order valence-electron chi connectivity index (χ3n) is 6.74. The third kappa shape index (κ3) is 8.92. The van der Waals surface area contributed by atoms with Gasteiger partial charge in [0.15, 0.2) is 0 Å². The van der Waals surface area contributed by atoms with Gasteiger partial charge < -0.3 is 46.0 Å².